The Morgan fingerprint density at radius 1 is 1.14 bits per heavy atom. The van der Waals surface area contributed by atoms with Crippen molar-refractivity contribution in [2.75, 3.05) is 25.4 Å². The van der Waals surface area contributed by atoms with Gasteiger partial charge in [-0.2, -0.15) is 0 Å². The summed E-state index contributed by atoms with van der Waals surface area (Å²) < 4.78 is 0. The predicted octanol–water partition coefficient (Wildman–Crippen LogP) is 4.13. The minimum absolute atomic E-state index is 0.0585. The van der Waals surface area contributed by atoms with Crippen molar-refractivity contribution in [3.8, 4) is 0 Å². The molecule has 0 atom stereocenters. The van der Waals surface area contributed by atoms with Gasteiger partial charge in [-0.05, 0) is 30.4 Å². The molecule has 0 radical (unpaired) electrons. The number of nitrogens with zero attached hydrogens (tertiary/aromatic N) is 3. The van der Waals surface area contributed by atoms with Gasteiger partial charge >= 0.3 is 0 Å². The third kappa shape index (κ3) is 3.74. The number of piperidine rings is 1. The Morgan fingerprint density at radius 2 is 1.90 bits per heavy atom. The molecular weight excluding hydrogens is 434 g/mol. The molecule has 0 saturated carbocycles. The van der Waals surface area contributed by atoms with E-state index in [2.05, 4.69) is 0 Å². The Kier molecular flexibility index (Phi) is 5.54. The number of nitro benzene ring substituents is 1. The van der Waals surface area contributed by atoms with E-state index in [-0.39, 0.29) is 33.0 Å². The summed E-state index contributed by atoms with van der Waals surface area (Å²) in [4.78, 5) is 40.3. The molecule has 2 aliphatic heterocycles. The molecule has 4 rings (SSSR count). The first-order chi connectivity index (χ1) is 13.9. The van der Waals surface area contributed by atoms with Crippen molar-refractivity contribution < 1.29 is 14.5 Å². The lowest BCUT2D eigenvalue weighted by molar-refractivity contribution is -0.384. The number of benzene rings is 1. The molecule has 152 valence electrons. The SMILES string of the molecule is O=C(c1ccc([N+](=O)[O-])cc1Cl)N1CCC2(CC1)SCCN2C(=O)c1cccs1. The van der Waals surface area contributed by atoms with Gasteiger partial charge in [0.25, 0.3) is 17.5 Å². The number of hydrogen-bond acceptors (Lipinski definition) is 6. The first kappa shape index (κ1) is 20.2. The number of hydrogen-bond donors (Lipinski definition) is 0. The van der Waals surface area contributed by atoms with Gasteiger partial charge in [0.15, 0.2) is 0 Å². The summed E-state index contributed by atoms with van der Waals surface area (Å²) in [5.74, 6) is 0.709. The topological polar surface area (TPSA) is 83.8 Å². The van der Waals surface area contributed by atoms with E-state index in [4.69, 9.17) is 11.6 Å². The van der Waals surface area contributed by atoms with Crippen molar-refractivity contribution in [1.29, 1.82) is 0 Å². The maximum Gasteiger partial charge on any atom is 0.270 e. The van der Waals surface area contributed by atoms with Crippen LogP contribution in [0.1, 0.15) is 32.9 Å². The van der Waals surface area contributed by atoms with Crippen LogP contribution < -0.4 is 0 Å². The molecule has 0 aliphatic carbocycles. The van der Waals surface area contributed by atoms with Crippen molar-refractivity contribution in [2.45, 2.75) is 17.7 Å². The van der Waals surface area contributed by atoms with E-state index in [1.165, 1.54) is 29.5 Å². The van der Waals surface area contributed by atoms with Crippen molar-refractivity contribution in [1.82, 2.24) is 9.80 Å². The molecule has 2 aromatic rings. The lowest BCUT2D eigenvalue weighted by Crippen LogP contribution is -2.53. The number of likely N-dealkylation sites (tertiary alicyclic amines) is 1. The number of thiophene rings is 1. The summed E-state index contributed by atoms with van der Waals surface area (Å²) in [5.41, 5.74) is 0.119. The van der Waals surface area contributed by atoms with Crippen LogP contribution in [0.3, 0.4) is 0 Å². The number of nitro groups is 1. The molecule has 1 aromatic carbocycles. The third-order valence-electron chi connectivity index (χ3n) is 5.38. The minimum atomic E-state index is -0.540. The second-order valence-electron chi connectivity index (χ2n) is 6.94. The zero-order valence-electron chi connectivity index (χ0n) is 15.4. The van der Waals surface area contributed by atoms with Crippen molar-refractivity contribution in [2.24, 2.45) is 0 Å². The van der Waals surface area contributed by atoms with Crippen LogP contribution in [0.5, 0.6) is 0 Å². The van der Waals surface area contributed by atoms with Crippen LogP contribution in [0.25, 0.3) is 0 Å². The van der Waals surface area contributed by atoms with Gasteiger partial charge in [0.05, 0.1) is 25.3 Å². The largest absolute Gasteiger partial charge is 0.338 e. The average molecular weight is 452 g/mol. The summed E-state index contributed by atoms with van der Waals surface area (Å²) in [6.45, 7) is 1.73. The van der Waals surface area contributed by atoms with Crippen LogP contribution in [0.4, 0.5) is 5.69 Å². The summed E-state index contributed by atoms with van der Waals surface area (Å²) in [7, 11) is 0. The predicted molar refractivity (Wildman–Crippen MR) is 114 cm³/mol. The second kappa shape index (κ2) is 7.97. The van der Waals surface area contributed by atoms with Gasteiger partial charge in [-0.3, -0.25) is 19.7 Å². The summed E-state index contributed by atoms with van der Waals surface area (Å²) in [6.07, 6.45) is 1.37. The standard InChI is InChI=1S/C19H18ClN3O4S2/c20-15-12-13(23(26)27)3-4-14(15)17(24)21-7-5-19(6-8-21)22(9-11-29-19)18(25)16-2-1-10-28-16/h1-4,10,12H,5-9,11H2. The molecule has 2 saturated heterocycles. The zero-order valence-corrected chi connectivity index (χ0v) is 17.8. The van der Waals surface area contributed by atoms with E-state index in [1.54, 1.807) is 16.7 Å². The fourth-order valence-electron chi connectivity index (χ4n) is 3.86. The molecule has 1 aromatic heterocycles. The number of rotatable bonds is 3. The van der Waals surface area contributed by atoms with E-state index >= 15 is 0 Å². The fraction of sp³-hybridized carbons (Fsp3) is 0.368. The minimum Gasteiger partial charge on any atom is -0.338 e. The lowest BCUT2D eigenvalue weighted by atomic mass is 10.0. The first-order valence-corrected chi connectivity index (χ1v) is 11.4. The van der Waals surface area contributed by atoms with Gasteiger partial charge in [-0.25, -0.2) is 0 Å². The zero-order chi connectivity index (χ0) is 20.6. The maximum atomic E-state index is 12.9. The quantitative estimate of drug-likeness (QED) is 0.517. The van der Waals surface area contributed by atoms with E-state index in [1.807, 2.05) is 22.4 Å². The normalized spacial score (nSPS) is 18.2. The molecule has 29 heavy (non-hydrogen) atoms. The van der Waals surface area contributed by atoms with E-state index in [0.29, 0.717) is 32.5 Å². The van der Waals surface area contributed by atoms with Crippen LogP contribution in [0.15, 0.2) is 35.7 Å². The molecule has 2 aliphatic rings. The van der Waals surface area contributed by atoms with Crippen LogP contribution in [-0.4, -0.2) is 56.8 Å². The van der Waals surface area contributed by atoms with Gasteiger partial charge in [-0.1, -0.05) is 17.7 Å². The van der Waals surface area contributed by atoms with Crippen molar-refractivity contribution in [3.63, 3.8) is 0 Å². The number of non-ortho nitro benzene ring substituents is 1. The van der Waals surface area contributed by atoms with Crippen LogP contribution in [0, 0.1) is 10.1 Å². The number of halogens is 1. The highest BCUT2D eigenvalue weighted by Crippen LogP contribution is 2.45. The van der Waals surface area contributed by atoms with E-state index in [9.17, 15) is 19.7 Å². The Labute approximate surface area is 180 Å². The van der Waals surface area contributed by atoms with Crippen molar-refractivity contribution >= 4 is 52.2 Å². The van der Waals surface area contributed by atoms with Crippen LogP contribution >= 0.6 is 34.7 Å². The number of amides is 2. The van der Waals surface area contributed by atoms with Crippen LogP contribution in [-0.2, 0) is 0 Å². The van der Waals surface area contributed by atoms with Gasteiger partial charge in [0.2, 0.25) is 0 Å². The summed E-state index contributed by atoms with van der Waals surface area (Å²) in [5, 5.41) is 12.8. The highest BCUT2D eigenvalue weighted by Gasteiger charge is 2.47. The molecule has 2 amide bonds. The van der Waals surface area contributed by atoms with Gasteiger partial charge in [0, 0.05) is 37.5 Å². The Hall–Kier alpha value is -2.10. The average Bonchev–Trinajstić information content (AvgIpc) is 3.38. The van der Waals surface area contributed by atoms with E-state index < -0.39 is 4.92 Å². The Balaban J connectivity index is 1.47. The lowest BCUT2D eigenvalue weighted by Gasteiger charge is -2.44. The molecule has 3 heterocycles. The maximum absolute atomic E-state index is 12.9. The molecular formula is C19H18ClN3O4S2. The van der Waals surface area contributed by atoms with Gasteiger partial charge in [-0.15, -0.1) is 23.1 Å². The first-order valence-electron chi connectivity index (χ1n) is 9.14. The summed E-state index contributed by atoms with van der Waals surface area (Å²) in [6, 6.07) is 7.62. The summed E-state index contributed by atoms with van der Waals surface area (Å²) >= 11 is 9.36. The molecule has 1 spiro atoms. The monoisotopic (exact) mass is 451 g/mol. The molecule has 0 N–H and O–H groups in total. The smallest absolute Gasteiger partial charge is 0.270 e. The highest BCUT2D eigenvalue weighted by molar-refractivity contribution is 8.00. The molecule has 7 nitrogen and oxygen atoms in total. The molecule has 0 unspecified atom stereocenters. The molecule has 0 bridgehead atoms. The second-order valence-corrected chi connectivity index (χ2v) is 9.75. The Morgan fingerprint density at radius 3 is 2.52 bits per heavy atom. The van der Waals surface area contributed by atoms with Gasteiger partial charge in [0.1, 0.15) is 0 Å². The number of thioether (sulfide) groups is 1. The fourth-order valence-corrected chi connectivity index (χ4v) is 6.25. The van der Waals surface area contributed by atoms with Gasteiger partial charge < -0.3 is 9.80 Å². The third-order valence-corrected chi connectivity index (χ3v) is 8.10. The number of carbonyl (C=O) groups is 2. The van der Waals surface area contributed by atoms with E-state index in [0.717, 1.165) is 10.6 Å². The van der Waals surface area contributed by atoms with Crippen LogP contribution in [0.2, 0.25) is 5.02 Å². The molecule has 2 fully saturated rings. The Bertz CT molecular complexity index is 958. The highest BCUT2D eigenvalue weighted by atomic mass is 35.5. The number of carbonyl (C=O) groups excluding carboxylic acids is 2. The molecule has 10 heteroatoms. The van der Waals surface area contributed by atoms with Crippen molar-refractivity contribution in [3.05, 3.63) is 61.3 Å².